The van der Waals surface area contributed by atoms with Gasteiger partial charge in [0, 0.05) is 16.9 Å². The molecule has 0 radical (unpaired) electrons. The summed E-state index contributed by atoms with van der Waals surface area (Å²) in [6, 6.07) is 0. The van der Waals surface area contributed by atoms with Gasteiger partial charge in [-0.2, -0.15) is 11.8 Å². The van der Waals surface area contributed by atoms with E-state index in [9.17, 15) is 4.79 Å². The predicted octanol–water partition coefficient (Wildman–Crippen LogP) is 5.34. The van der Waals surface area contributed by atoms with Gasteiger partial charge in [0.15, 0.2) is 0 Å². The average Bonchev–Trinajstić information content (AvgIpc) is 3.20. The molecule has 1 rings (SSSR count). The highest BCUT2D eigenvalue weighted by Gasteiger charge is 2.36. The van der Waals surface area contributed by atoms with Crippen LogP contribution < -0.4 is 0 Å². The number of rotatable bonds is 13. The van der Waals surface area contributed by atoms with E-state index in [0.717, 1.165) is 16.9 Å². The third-order valence-electron chi connectivity index (χ3n) is 4.13. The highest BCUT2D eigenvalue weighted by molar-refractivity contribution is 8.07. The van der Waals surface area contributed by atoms with Crippen molar-refractivity contribution in [3.05, 3.63) is 0 Å². The van der Waals surface area contributed by atoms with Gasteiger partial charge in [-0.1, -0.05) is 58.3 Å². The van der Waals surface area contributed by atoms with Gasteiger partial charge in [-0.3, -0.25) is 4.79 Å². The van der Waals surface area contributed by atoms with Crippen LogP contribution in [0.4, 0.5) is 0 Å². The Morgan fingerprint density at radius 2 is 1.45 bits per heavy atom. The second-order valence-electron chi connectivity index (χ2n) is 5.94. The Morgan fingerprint density at radius 1 is 0.900 bits per heavy atom. The van der Waals surface area contributed by atoms with E-state index in [4.69, 9.17) is 0 Å². The molecule has 1 aliphatic heterocycles. The van der Waals surface area contributed by atoms with E-state index in [2.05, 4.69) is 23.4 Å². The molecule has 0 aromatic heterocycles. The molecule has 0 bridgehead atoms. The van der Waals surface area contributed by atoms with Gasteiger partial charge in [0.05, 0.1) is 7.11 Å². The Kier molecular flexibility index (Phi) is 10.3. The van der Waals surface area contributed by atoms with E-state index < -0.39 is 0 Å². The lowest BCUT2D eigenvalue weighted by atomic mass is 10.0. The molecule has 1 aliphatic rings. The first-order chi connectivity index (χ1) is 9.77. The van der Waals surface area contributed by atoms with Crippen molar-refractivity contribution in [2.75, 3.05) is 7.11 Å². The van der Waals surface area contributed by atoms with E-state index in [-0.39, 0.29) is 5.97 Å². The second-order valence-corrected chi connectivity index (χ2v) is 7.43. The Balaban J connectivity index is 1.80. The zero-order valence-electron chi connectivity index (χ0n) is 13.4. The summed E-state index contributed by atoms with van der Waals surface area (Å²) in [5.74, 6) is -0.0640. The van der Waals surface area contributed by atoms with Gasteiger partial charge in [-0.25, -0.2) is 0 Å². The Labute approximate surface area is 129 Å². The van der Waals surface area contributed by atoms with Crippen LogP contribution in [0.5, 0.6) is 0 Å². The minimum absolute atomic E-state index is 0.0640. The van der Waals surface area contributed by atoms with E-state index in [1.807, 2.05) is 0 Å². The highest BCUT2D eigenvalue weighted by atomic mass is 32.2. The van der Waals surface area contributed by atoms with Gasteiger partial charge >= 0.3 is 5.97 Å². The molecule has 20 heavy (non-hydrogen) atoms. The van der Waals surface area contributed by atoms with E-state index in [0.29, 0.717) is 6.42 Å². The number of unbranched alkanes of at least 4 members (excludes halogenated alkanes) is 7. The molecule has 0 aromatic carbocycles. The number of carbonyl (C=O) groups excluding carboxylic acids is 1. The number of esters is 1. The van der Waals surface area contributed by atoms with Crippen LogP contribution in [-0.2, 0) is 9.53 Å². The number of hydrogen-bond donors (Lipinski definition) is 0. The van der Waals surface area contributed by atoms with Crippen LogP contribution in [0.1, 0.15) is 84.0 Å². The van der Waals surface area contributed by atoms with Crippen LogP contribution in [0, 0.1) is 0 Å². The lowest BCUT2D eigenvalue weighted by Crippen LogP contribution is -1.99. The lowest BCUT2D eigenvalue weighted by Gasteiger charge is -2.01. The molecular formula is C17H32O2S. The van der Waals surface area contributed by atoms with Crippen molar-refractivity contribution in [1.82, 2.24) is 0 Å². The monoisotopic (exact) mass is 300 g/mol. The topological polar surface area (TPSA) is 26.3 Å². The molecule has 0 saturated carbocycles. The van der Waals surface area contributed by atoms with Gasteiger partial charge in [-0.15, -0.1) is 0 Å². The molecule has 2 unspecified atom stereocenters. The normalized spacial score (nSPS) is 20.9. The summed E-state index contributed by atoms with van der Waals surface area (Å²) in [4.78, 5) is 10.9. The molecule has 2 nitrogen and oxygen atoms in total. The molecule has 3 heteroatoms. The Bertz CT molecular complexity index is 255. The molecule has 2 atom stereocenters. The van der Waals surface area contributed by atoms with Crippen molar-refractivity contribution in [1.29, 1.82) is 0 Å². The SMILES string of the molecule is CCCCCCCC1SC1CCCCCCC(=O)OC. The second kappa shape index (κ2) is 11.5. The maximum atomic E-state index is 10.9. The van der Waals surface area contributed by atoms with Gasteiger partial charge in [0.2, 0.25) is 0 Å². The molecule has 0 amide bonds. The number of ether oxygens (including phenoxy) is 1. The van der Waals surface area contributed by atoms with E-state index in [1.165, 1.54) is 71.3 Å². The predicted molar refractivity (Wildman–Crippen MR) is 88.3 cm³/mol. The van der Waals surface area contributed by atoms with Crippen molar-refractivity contribution >= 4 is 17.7 Å². The highest BCUT2D eigenvalue weighted by Crippen LogP contribution is 2.47. The fraction of sp³-hybridized carbons (Fsp3) is 0.941. The minimum Gasteiger partial charge on any atom is -0.469 e. The van der Waals surface area contributed by atoms with E-state index in [1.54, 1.807) is 0 Å². The standard InChI is InChI=1S/C17H32O2S/c1-3-4-5-6-9-12-15-16(20-15)13-10-7-8-11-14-17(18)19-2/h15-16H,3-14H2,1-2H3. The largest absolute Gasteiger partial charge is 0.469 e. The van der Waals surface area contributed by atoms with Crippen molar-refractivity contribution < 1.29 is 9.53 Å². The Morgan fingerprint density at radius 3 is 2.00 bits per heavy atom. The summed E-state index contributed by atoms with van der Waals surface area (Å²) in [6.45, 7) is 2.28. The number of methoxy groups -OCH3 is 1. The summed E-state index contributed by atoms with van der Waals surface area (Å²) >= 11 is 2.20. The van der Waals surface area contributed by atoms with Crippen LogP contribution in [0.25, 0.3) is 0 Å². The molecule has 0 aliphatic carbocycles. The summed E-state index contributed by atoms with van der Waals surface area (Å²) in [6.07, 6.45) is 15.3. The molecule has 0 spiro atoms. The Hall–Kier alpha value is -0.180. The number of carbonyl (C=O) groups is 1. The molecular weight excluding hydrogens is 268 g/mol. The quantitative estimate of drug-likeness (QED) is 0.261. The van der Waals surface area contributed by atoms with Crippen LogP contribution in [0.3, 0.4) is 0 Å². The van der Waals surface area contributed by atoms with Crippen molar-refractivity contribution in [2.45, 2.75) is 94.5 Å². The first-order valence-electron chi connectivity index (χ1n) is 8.50. The van der Waals surface area contributed by atoms with Crippen molar-refractivity contribution in [3.8, 4) is 0 Å². The van der Waals surface area contributed by atoms with Crippen LogP contribution in [0.2, 0.25) is 0 Å². The van der Waals surface area contributed by atoms with Gasteiger partial charge in [0.25, 0.3) is 0 Å². The first kappa shape index (κ1) is 17.9. The van der Waals surface area contributed by atoms with Gasteiger partial charge < -0.3 is 4.74 Å². The fourth-order valence-electron chi connectivity index (χ4n) is 2.71. The summed E-state index contributed by atoms with van der Waals surface area (Å²) in [7, 11) is 1.47. The average molecular weight is 301 g/mol. The van der Waals surface area contributed by atoms with E-state index >= 15 is 0 Å². The first-order valence-corrected chi connectivity index (χ1v) is 9.44. The summed E-state index contributed by atoms with van der Waals surface area (Å²) < 4.78 is 4.64. The van der Waals surface area contributed by atoms with Crippen LogP contribution in [-0.4, -0.2) is 23.6 Å². The third kappa shape index (κ3) is 8.89. The number of hydrogen-bond acceptors (Lipinski definition) is 3. The summed E-state index contributed by atoms with van der Waals surface area (Å²) in [5.41, 5.74) is 0. The molecule has 1 fully saturated rings. The third-order valence-corrected chi connectivity index (χ3v) is 5.64. The van der Waals surface area contributed by atoms with Crippen molar-refractivity contribution in [3.63, 3.8) is 0 Å². The summed E-state index contributed by atoms with van der Waals surface area (Å²) in [5, 5.41) is 1.94. The zero-order chi connectivity index (χ0) is 14.6. The lowest BCUT2D eigenvalue weighted by molar-refractivity contribution is -0.140. The minimum atomic E-state index is -0.0640. The molecule has 1 saturated heterocycles. The maximum Gasteiger partial charge on any atom is 0.305 e. The fourth-order valence-corrected chi connectivity index (χ4v) is 3.94. The molecule has 118 valence electrons. The molecule has 0 aromatic rings. The molecule has 1 heterocycles. The van der Waals surface area contributed by atoms with Crippen LogP contribution in [0.15, 0.2) is 0 Å². The van der Waals surface area contributed by atoms with Gasteiger partial charge in [-0.05, 0) is 19.3 Å². The van der Waals surface area contributed by atoms with Gasteiger partial charge in [0.1, 0.15) is 0 Å². The van der Waals surface area contributed by atoms with Crippen molar-refractivity contribution in [2.24, 2.45) is 0 Å². The molecule has 0 N–H and O–H groups in total. The zero-order valence-corrected chi connectivity index (χ0v) is 14.2. The number of thioether (sulfide) groups is 1. The smallest absolute Gasteiger partial charge is 0.305 e. The maximum absolute atomic E-state index is 10.9. The van der Waals surface area contributed by atoms with Crippen LogP contribution >= 0.6 is 11.8 Å².